The van der Waals surface area contributed by atoms with Crippen LogP contribution < -0.4 is 11.1 Å². The van der Waals surface area contributed by atoms with Gasteiger partial charge >= 0.3 is 0 Å². The number of carbonyl (C=O) groups is 1. The van der Waals surface area contributed by atoms with E-state index < -0.39 is 0 Å². The molecule has 1 aromatic rings. The molecule has 3 N–H and O–H groups in total. The van der Waals surface area contributed by atoms with Crippen LogP contribution in [0.5, 0.6) is 0 Å². The van der Waals surface area contributed by atoms with Gasteiger partial charge in [-0.15, -0.1) is 0 Å². The predicted octanol–water partition coefficient (Wildman–Crippen LogP) is 2.96. The van der Waals surface area contributed by atoms with E-state index in [1.54, 1.807) is 25.1 Å². The minimum Gasteiger partial charge on any atom is -0.397 e. The molecule has 0 atom stereocenters. The Hall–Kier alpha value is -1.71. The number of carbonyl (C=O) groups excluding carboxylic acids is 1. The number of hydrogen-bond donors (Lipinski definition) is 2. The summed E-state index contributed by atoms with van der Waals surface area (Å²) in [6.45, 7) is 0.954. The van der Waals surface area contributed by atoms with Crippen molar-refractivity contribution >= 4 is 17.3 Å². The lowest BCUT2D eigenvalue weighted by atomic mass is 10.0. The Kier molecular flexibility index (Phi) is 4.88. The van der Waals surface area contributed by atoms with Gasteiger partial charge in [-0.25, -0.2) is 0 Å². The van der Waals surface area contributed by atoms with Crippen molar-refractivity contribution in [3.8, 4) is 0 Å². The van der Waals surface area contributed by atoms with Gasteiger partial charge < -0.3 is 16.0 Å². The summed E-state index contributed by atoms with van der Waals surface area (Å²) in [4.78, 5) is 13.4. The number of benzene rings is 1. The van der Waals surface area contributed by atoms with E-state index in [9.17, 15) is 4.79 Å². The molecule has 2 rings (SSSR count). The molecule has 1 saturated carbocycles. The van der Waals surface area contributed by atoms with Crippen molar-refractivity contribution in [3.05, 3.63) is 23.8 Å². The average Bonchev–Trinajstić information content (AvgIpc) is 2.92. The van der Waals surface area contributed by atoms with Crippen molar-refractivity contribution < 1.29 is 4.79 Å². The van der Waals surface area contributed by atoms with Gasteiger partial charge in [-0.3, -0.25) is 4.79 Å². The Morgan fingerprint density at radius 2 is 2.05 bits per heavy atom. The lowest BCUT2D eigenvalue weighted by Crippen LogP contribution is -2.21. The molecule has 0 saturated heterocycles. The normalized spacial score (nSPS) is 15.3. The summed E-state index contributed by atoms with van der Waals surface area (Å²) in [6.07, 6.45) is 6.71. The van der Waals surface area contributed by atoms with E-state index in [1.165, 1.54) is 32.1 Å². The second kappa shape index (κ2) is 6.64. The largest absolute Gasteiger partial charge is 0.397 e. The average molecular weight is 275 g/mol. The third-order valence-electron chi connectivity index (χ3n) is 4.05. The van der Waals surface area contributed by atoms with E-state index in [2.05, 4.69) is 5.32 Å². The first-order valence-corrected chi connectivity index (χ1v) is 7.43. The molecule has 0 aliphatic heterocycles. The zero-order valence-corrected chi connectivity index (χ0v) is 12.5. The maximum atomic E-state index is 11.8. The van der Waals surface area contributed by atoms with E-state index in [0.29, 0.717) is 11.3 Å². The van der Waals surface area contributed by atoms with Gasteiger partial charge in [0.05, 0.1) is 11.4 Å². The van der Waals surface area contributed by atoms with Crippen LogP contribution in [0.15, 0.2) is 18.2 Å². The number of nitrogens with two attached hydrogens (primary N) is 1. The van der Waals surface area contributed by atoms with Crippen LogP contribution in [0.2, 0.25) is 0 Å². The lowest BCUT2D eigenvalue weighted by molar-refractivity contribution is 0.0827. The van der Waals surface area contributed by atoms with Gasteiger partial charge in [-0.1, -0.05) is 25.7 Å². The van der Waals surface area contributed by atoms with Crippen molar-refractivity contribution in [2.75, 3.05) is 31.7 Å². The molecule has 0 spiro atoms. The Morgan fingerprint density at radius 3 is 2.65 bits per heavy atom. The topological polar surface area (TPSA) is 58.4 Å². The van der Waals surface area contributed by atoms with Crippen molar-refractivity contribution in [2.24, 2.45) is 5.92 Å². The number of nitrogen functional groups attached to an aromatic ring is 1. The molecular weight excluding hydrogens is 250 g/mol. The van der Waals surface area contributed by atoms with E-state index >= 15 is 0 Å². The van der Waals surface area contributed by atoms with Crippen LogP contribution in [0.1, 0.15) is 42.5 Å². The number of rotatable bonds is 5. The molecule has 1 aromatic carbocycles. The molecule has 0 aromatic heterocycles. The standard InChI is InChI=1S/C16H25N3O/c1-19(2)16(20)13-7-8-15(14(17)11-13)18-10-9-12-5-3-4-6-12/h7-8,11-12,18H,3-6,9-10,17H2,1-2H3. The Bertz CT molecular complexity index is 465. The van der Waals surface area contributed by atoms with Crippen LogP contribution in [0.4, 0.5) is 11.4 Å². The summed E-state index contributed by atoms with van der Waals surface area (Å²) in [5.74, 6) is 0.854. The highest BCUT2D eigenvalue weighted by Gasteiger charge is 2.14. The van der Waals surface area contributed by atoms with Gasteiger partial charge in [0.25, 0.3) is 5.91 Å². The van der Waals surface area contributed by atoms with Gasteiger partial charge in [0, 0.05) is 26.2 Å². The van der Waals surface area contributed by atoms with Gasteiger partial charge in [0.1, 0.15) is 0 Å². The Labute approximate surface area is 121 Å². The Balaban J connectivity index is 1.90. The first-order valence-electron chi connectivity index (χ1n) is 7.43. The van der Waals surface area contributed by atoms with Crippen LogP contribution in [0, 0.1) is 5.92 Å². The molecule has 4 nitrogen and oxygen atoms in total. The minimum atomic E-state index is -0.0193. The predicted molar refractivity (Wildman–Crippen MR) is 83.9 cm³/mol. The summed E-state index contributed by atoms with van der Waals surface area (Å²) >= 11 is 0. The van der Waals surface area contributed by atoms with Crippen LogP contribution in [0.3, 0.4) is 0 Å². The lowest BCUT2D eigenvalue weighted by Gasteiger charge is -2.14. The molecule has 20 heavy (non-hydrogen) atoms. The van der Waals surface area contributed by atoms with Crippen LogP contribution in [0.25, 0.3) is 0 Å². The zero-order valence-electron chi connectivity index (χ0n) is 12.5. The fourth-order valence-corrected chi connectivity index (χ4v) is 2.82. The van der Waals surface area contributed by atoms with E-state index in [1.807, 2.05) is 12.1 Å². The second-order valence-corrected chi connectivity index (χ2v) is 5.87. The SMILES string of the molecule is CN(C)C(=O)c1ccc(NCCC2CCCC2)c(N)c1. The quantitative estimate of drug-likeness (QED) is 0.812. The van der Waals surface area contributed by atoms with Gasteiger partial charge in [-0.2, -0.15) is 0 Å². The van der Waals surface area contributed by atoms with Crippen molar-refractivity contribution in [1.29, 1.82) is 0 Å². The molecule has 0 bridgehead atoms. The molecule has 0 heterocycles. The Morgan fingerprint density at radius 1 is 1.35 bits per heavy atom. The van der Waals surface area contributed by atoms with Crippen LogP contribution in [-0.2, 0) is 0 Å². The monoisotopic (exact) mass is 275 g/mol. The molecule has 1 amide bonds. The van der Waals surface area contributed by atoms with Crippen LogP contribution >= 0.6 is 0 Å². The van der Waals surface area contributed by atoms with Crippen molar-refractivity contribution in [3.63, 3.8) is 0 Å². The number of nitrogens with zero attached hydrogens (tertiary/aromatic N) is 1. The smallest absolute Gasteiger partial charge is 0.253 e. The zero-order chi connectivity index (χ0) is 14.5. The number of amides is 1. The summed E-state index contributed by atoms with van der Waals surface area (Å²) in [5, 5.41) is 3.39. The van der Waals surface area contributed by atoms with Crippen molar-refractivity contribution in [1.82, 2.24) is 4.90 Å². The first kappa shape index (κ1) is 14.7. The molecule has 1 aliphatic rings. The third-order valence-corrected chi connectivity index (χ3v) is 4.05. The van der Waals surface area contributed by atoms with Gasteiger partial charge in [0.2, 0.25) is 0 Å². The maximum absolute atomic E-state index is 11.8. The number of hydrogen-bond acceptors (Lipinski definition) is 3. The van der Waals surface area contributed by atoms with Crippen LogP contribution in [-0.4, -0.2) is 31.4 Å². The fraction of sp³-hybridized carbons (Fsp3) is 0.562. The summed E-state index contributed by atoms with van der Waals surface area (Å²) in [6, 6.07) is 5.48. The molecule has 4 heteroatoms. The number of anilines is 2. The fourth-order valence-electron chi connectivity index (χ4n) is 2.82. The molecular formula is C16H25N3O. The highest BCUT2D eigenvalue weighted by Crippen LogP contribution is 2.28. The van der Waals surface area contributed by atoms with E-state index in [4.69, 9.17) is 5.73 Å². The number of nitrogens with one attached hydrogen (secondary N) is 1. The van der Waals surface area contributed by atoms with Crippen molar-refractivity contribution in [2.45, 2.75) is 32.1 Å². The second-order valence-electron chi connectivity index (χ2n) is 5.87. The molecule has 1 aliphatic carbocycles. The van der Waals surface area contributed by atoms with Gasteiger partial charge in [0.15, 0.2) is 0 Å². The first-order chi connectivity index (χ1) is 9.58. The molecule has 0 unspecified atom stereocenters. The summed E-state index contributed by atoms with van der Waals surface area (Å²) in [5.41, 5.74) is 8.23. The van der Waals surface area contributed by atoms with E-state index in [-0.39, 0.29) is 5.91 Å². The maximum Gasteiger partial charge on any atom is 0.253 e. The summed E-state index contributed by atoms with van der Waals surface area (Å²) in [7, 11) is 3.48. The summed E-state index contributed by atoms with van der Waals surface area (Å²) < 4.78 is 0. The molecule has 1 fully saturated rings. The molecule has 110 valence electrons. The minimum absolute atomic E-state index is 0.0193. The highest BCUT2D eigenvalue weighted by atomic mass is 16.2. The van der Waals surface area contributed by atoms with E-state index in [0.717, 1.165) is 18.2 Å². The van der Waals surface area contributed by atoms with Gasteiger partial charge in [-0.05, 0) is 30.5 Å². The molecule has 0 radical (unpaired) electrons. The highest BCUT2D eigenvalue weighted by molar-refractivity contribution is 5.95. The third kappa shape index (κ3) is 3.65.